The van der Waals surface area contributed by atoms with Crippen molar-refractivity contribution in [3.8, 4) is 11.8 Å². The Balaban J connectivity index is 2.01. The third-order valence-corrected chi connectivity index (χ3v) is 5.63. The van der Waals surface area contributed by atoms with Gasteiger partial charge in [0, 0.05) is 17.2 Å². The predicted molar refractivity (Wildman–Crippen MR) is 103 cm³/mol. The van der Waals surface area contributed by atoms with Crippen molar-refractivity contribution in [2.24, 2.45) is 0 Å². The number of hydrogen-bond acceptors (Lipinski definition) is 6. The van der Waals surface area contributed by atoms with Crippen LogP contribution in [0.5, 0.6) is 0 Å². The van der Waals surface area contributed by atoms with Gasteiger partial charge in [-0.1, -0.05) is 17.9 Å². The van der Waals surface area contributed by atoms with Crippen LogP contribution in [0.25, 0.3) is 10.2 Å². The molecule has 132 valence electrons. The average Bonchev–Trinajstić information content (AvgIpc) is 3.04. The number of carbonyl (C=O) groups excluding carboxylic acids is 1. The number of carbonyl (C=O) groups is 1. The number of aryl methyl sites for hydroxylation is 1. The molecule has 0 aliphatic carbocycles. The topological polar surface area (TPSA) is 69.2 Å². The minimum Gasteiger partial charge on any atom is -0.462 e. The highest BCUT2D eigenvalue weighted by Crippen LogP contribution is 2.27. The minimum absolute atomic E-state index is 0.329. The van der Waals surface area contributed by atoms with Gasteiger partial charge >= 0.3 is 5.97 Å². The number of rotatable bonds is 3. The van der Waals surface area contributed by atoms with Crippen LogP contribution in [0.4, 0.5) is 0 Å². The van der Waals surface area contributed by atoms with Crippen molar-refractivity contribution in [1.82, 2.24) is 9.97 Å². The van der Waals surface area contributed by atoms with Crippen molar-refractivity contribution in [3.05, 3.63) is 52.2 Å². The van der Waals surface area contributed by atoms with Crippen LogP contribution in [-0.2, 0) is 15.5 Å². The molecular formula is C19H16N2O3S2. The lowest BCUT2D eigenvalue weighted by molar-refractivity contribution is 0.0526. The van der Waals surface area contributed by atoms with E-state index in [1.807, 2.05) is 18.4 Å². The first-order valence-electron chi connectivity index (χ1n) is 7.86. The molecule has 0 bridgehead atoms. The Hall–Kier alpha value is -2.56. The quantitative estimate of drug-likeness (QED) is 0.394. The molecule has 2 aromatic heterocycles. The molecule has 3 rings (SSSR count). The second-order valence-corrected chi connectivity index (χ2v) is 7.63. The maximum atomic E-state index is 11.9. The summed E-state index contributed by atoms with van der Waals surface area (Å²) >= 11 is 1.43. The number of benzene rings is 1. The van der Waals surface area contributed by atoms with Crippen LogP contribution < -0.4 is 0 Å². The molecule has 0 aliphatic rings. The summed E-state index contributed by atoms with van der Waals surface area (Å²) in [7, 11) is -1.18. The van der Waals surface area contributed by atoms with Gasteiger partial charge in [-0.15, -0.1) is 11.3 Å². The van der Waals surface area contributed by atoms with Crippen molar-refractivity contribution < 1.29 is 13.7 Å². The molecule has 2 heterocycles. The Morgan fingerprint density at radius 1 is 1.27 bits per heavy atom. The van der Waals surface area contributed by atoms with Gasteiger partial charge in [0.15, 0.2) is 0 Å². The second kappa shape index (κ2) is 7.77. The first-order chi connectivity index (χ1) is 12.5. The van der Waals surface area contributed by atoms with Gasteiger partial charge < -0.3 is 4.74 Å². The van der Waals surface area contributed by atoms with E-state index in [4.69, 9.17) is 4.74 Å². The molecule has 0 saturated heterocycles. The zero-order valence-electron chi connectivity index (χ0n) is 14.5. The Morgan fingerprint density at radius 3 is 2.77 bits per heavy atom. The van der Waals surface area contributed by atoms with Gasteiger partial charge in [0.1, 0.15) is 16.9 Å². The molecule has 26 heavy (non-hydrogen) atoms. The summed E-state index contributed by atoms with van der Waals surface area (Å²) in [5, 5.41) is 2.40. The number of thiophene rings is 1. The van der Waals surface area contributed by atoms with Crippen LogP contribution in [0, 0.1) is 18.8 Å². The summed E-state index contributed by atoms with van der Waals surface area (Å²) in [5.74, 6) is 5.85. The smallest absolute Gasteiger partial charge is 0.338 e. The molecule has 3 aromatic rings. The summed E-state index contributed by atoms with van der Waals surface area (Å²) in [6, 6.07) is 5.31. The summed E-state index contributed by atoms with van der Waals surface area (Å²) in [6.45, 7) is 4.04. The summed E-state index contributed by atoms with van der Waals surface area (Å²) < 4.78 is 17.6. The fourth-order valence-electron chi connectivity index (χ4n) is 2.36. The van der Waals surface area contributed by atoms with E-state index in [2.05, 4.69) is 21.8 Å². The molecule has 0 saturated carbocycles. The SMILES string of the molecule is CCOC(=O)c1ccc(C)c(C#Cc2csc3c([S@](C)=O)ncnc23)c1. The van der Waals surface area contributed by atoms with Crippen molar-refractivity contribution in [3.63, 3.8) is 0 Å². The van der Waals surface area contributed by atoms with Crippen LogP contribution in [0.1, 0.15) is 34.0 Å². The largest absolute Gasteiger partial charge is 0.462 e. The highest BCUT2D eigenvalue weighted by atomic mass is 32.2. The van der Waals surface area contributed by atoms with Gasteiger partial charge in [0.2, 0.25) is 0 Å². The fourth-order valence-corrected chi connectivity index (χ4v) is 4.24. The lowest BCUT2D eigenvalue weighted by atomic mass is 10.0. The minimum atomic E-state index is -1.18. The maximum absolute atomic E-state index is 11.9. The van der Waals surface area contributed by atoms with E-state index in [1.165, 1.54) is 17.7 Å². The third kappa shape index (κ3) is 3.66. The first-order valence-corrected chi connectivity index (χ1v) is 10.3. The molecule has 0 N–H and O–H groups in total. The molecule has 0 aliphatic heterocycles. The van der Waals surface area contributed by atoms with Gasteiger partial charge in [-0.25, -0.2) is 14.8 Å². The molecule has 1 atom stereocenters. The van der Waals surface area contributed by atoms with Crippen molar-refractivity contribution in [1.29, 1.82) is 0 Å². The van der Waals surface area contributed by atoms with Crippen molar-refractivity contribution in [2.45, 2.75) is 18.9 Å². The van der Waals surface area contributed by atoms with Crippen LogP contribution in [-0.4, -0.2) is 33.0 Å². The maximum Gasteiger partial charge on any atom is 0.338 e. The van der Waals surface area contributed by atoms with E-state index >= 15 is 0 Å². The average molecular weight is 384 g/mol. The molecular weight excluding hydrogens is 368 g/mol. The van der Waals surface area contributed by atoms with Crippen molar-refractivity contribution in [2.75, 3.05) is 12.9 Å². The molecule has 0 amide bonds. The molecule has 0 spiro atoms. The van der Waals surface area contributed by atoms with Crippen LogP contribution in [0.2, 0.25) is 0 Å². The van der Waals surface area contributed by atoms with E-state index in [9.17, 15) is 9.00 Å². The van der Waals surface area contributed by atoms with E-state index in [0.29, 0.717) is 22.7 Å². The predicted octanol–water partition coefficient (Wildman–Crippen LogP) is 3.31. The summed E-state index contributed by atoms with van der Waals surface area (Å²) in [5.41, 5.74) is 3.64. The molecule has 0 unspecified atom stereocenters. The molecule has 5 nitrogen and oxygen atoms in total. The number of fused-ring (bicyclic) bond motifs is 1. The van der Waals surface area contributed by atoms with Gasteiger partial charge in [0.05, 0.1) is 33.2 Å². The Kier molecular flexibility index (Phi) is 5.45. The fraction of sp³-hybridized carbons (Fsp3) is 0.211. The highest BCUT2D eigenvalue weighted by Gasteiger charge is 2.12. The number of nitrogens with zero attached hydrogens (tertiary/aromatic N) is 2. The summed E-state index contributed by atoms with van der Waals surface area (Å²) in [6.07, 6.45) is 3.00. The van der Waals surface area contributed by atoms with Gasteiger partial charge in [-0.2, -0.15) is 0 Å². The molecule has 7 heteroatoms. The van der Waals surface area contributed by atoms with Crippen molar-refractivity contribution >= 4 is 38.3 Å². The number of ether oxygens (including phenoxy) is 1. The molecule has 0 fully saturated rings. The van der Waals surface area contributed by atoms with Gasteiger partial charge in [0.25, 0.3) is 0 Å². The zero-order chi connectivity index (χ0) is 18.7. The Morgan fingerprint density at radius 2 is 2.04 bits per heavy atom. The molecule has 0 radical (unpaired) electrons. The number of hydrogen-bond donors (Lipinski definition) is 0. The lowest BCUT2D eigenvalue weighted by Gasteiger charge is -2.04. The summed E-state index contributed by atoms with van der Waals surface area (Å²) in [4.78, 5) is 20.3. The van der Waals surface area contributed by atoms with Crippen LogP contribution >= 0.6 is 11.3 Å². The number of esters is 1. The Bertz CT molecular complexity index is 1080. The normalized spacial score (nSPS) is 11.7. The third-order valence-electron chi connectivity index (χ3n) is 3.67. The number of aromatic nitrogens is 2. The molecule has 1 aromatic carbocycles. The van der Waals surface area contributed by atoms with E-state index in [1.54, 1.807) is 25.3 Å². The monoisotopic (exact) mass is 384 g/mol. The van der Waals surface area contributed by atoms with E-state index < -0.39 is 10.8 Å². The van der Waals surface area contributed by atoms with Gasteiger partial charge in [-0.05, 0) is 31.5 Å². The second-order valence-electron chi connectivity index (χ2n) is 5.46. The zero-order valence-corrected chi connectivity index (χ0v) is 16.2. The van der Waals surface area contributed by atoms with Gasteiger partial charge in [-0.3, -0.25) is 4.21 Å². The standard InChI is InChI=1S/C19H16N2O3S2/c1-4-24-19(22)14-6-5-12(2)13(9-14)7-8-15-10-25-17-16(15)20-11-21-18(17)26(3)23/h5-6,9-11H,4H2,1-3H3/t26-/m0/s1. The van der Waals surface area contributed by atoms with Crippen LogP contribution in [0.15, 0.2) is 34.9 Å². The van der Waals surface area contributed by atoms with Crippen LogP contribution in [0.3, 0.4) is 0 Å². The first kappa shape index (κ1) is 18.2. The van der Waals surface area contributed by atoms with E-state index in [-0.39, 0.29) is 5.97 Å². The van der Waals surface area contributed by atoms with E-state index in [0.717, 1.165) is 21.4 Å². The Labute approximate surface area is 157 Å². The highest BCUT2D eigenvalue weighted by molar-refractivity contribution is 7.84. The lowest BCUT2D eigenvalue weighted by Crippen LogP contribution is -2.05.